The molecule has 0 radical (unpaired) electrons. The number of hydrogen-bond acceptors (Lipinski definition) is 8. The van der Waals surface area contributed by atoms with Gasteiger partial charge < -0.3 is 23.9 Å². The molecule has 0 atom stereocenters. The minimum atomic E-state index is -0.307. The average Bonchev–Trinajstić information content (AvgIpc) is 3.15. The van der Waals surface area contributed by atoms with E-state index < -0.39 is 0 Å². The topological polar surface area (TPSA) is 113 Å². The number of fused-ring (bicyclic) bond motifs is 1. The second-order valence-electron chi connectivity index (χ2n) is 7.59. The van der Waals surface area contributed by atoms with Crippen molar-refractivity contribution in [3.8, 4) is 40.3 Å². The summed E-state index contributed by atoms with van der Waals surface area (Å²) in [5.74, 6) is 2.99. The van der Waals surface area contributed by atoms with Crippen LogP contribution in [0.1, 0.15) is 31.3 Å². The molecular weight excluding hydrogens is 426 g/mol. The van der Waals surface area contributed by atoms with Crippen molar-refractivity contribution < 1.29 is 18.9 Å². The predicted molar refractivity (Wildman–Crippen MR) is 122 cm³/mol. The van der Waals surface area contributed by atoms with Gasteiger partial charge in [-0.3, -0.25) is 4.79 Å². The van der Waals surface area contributed by atoms with E-state index in [9.17, 15) is 4.79 Å². The molecule has 0 fully saturated rings. The highest BCUT2D eigenvalue weighted by Gasteiger charge is 2.22. The van der Waals surface area contributed by atoms with Gasteiger partial charge in [-0.2, -0.15) is 4.98 Å². The summed E-state index contributed by atoms with van der Waals surface area (Å²) in [4.78, 5) is 24.3. The van der Waals surface area contributed by atoms with Gasteiger partial charge in [-0.15, -0.1) is 5.10 Å². The fraction of sp³-hybridized carbons (Fsp3) is 0.304. The van der Waals surface area contributed by atoms with Crippen molar-refractivity contribution in [2.45, 2.75) is 26.7 Å². The molecule has 0 aliphatic carbocycles. The number of aromatic amines is 1. The van der Waals surface area contributed by atoms with Gasteiger partial charge in [0.05, 0.1) is 32.6 Å². The molecule has 10 heteroatoms. The first-order valence-electron chi connectivity index (χ1n) is 10.3. The number of nitrogens with one attached hydrogen (secondary N) is 1. The van der Waals surface area contributed by atoms with Gasteiger partial charge in [0.1, 0.15) is 11.6 Å². The van der Waals surface area contributed by atoms with Crippen LogP contribution in [0.15, 0.2) is 35.3 Å². The summed E-state index contributed by atoms with van der Waals surface area (Å²) in [5, 5.41) is 4.62. The molecule has 3 aromatic heterocycles. The Morgan fingerprint density at radius 1 is 1.03 bits per heavy atom. The van der Waals surface area contributed by atoms with Gasteiger partial charge >= 0.3 is 0 Å². The van der Waals surface area contributed by atoms with Gasteiger partial charge in [-0.05, 0) is 19.1 Å². The molecular formula is C23H25N5O5. The Balaban J connectivity index is 1.95. The van der Waals surface area contributed by atoms with E-state index in [1.165, 1.54) is 21.3 Å². The first-order valence-corrected chi connectivity index (χ1v) is 10.3. The van der Waals surface area contributed by atoms with Crippen LogP contribution in [-0.4, -0.2) is 45.9 Å². The van der Waals surface area contributed by atoms with Crippen molar-refractivity contribution in [2.24, 2.45) is 0 Å². The molecule has 0 saturated carbocycles. The Labute approximate surface area is 190 Å². The summed E-state index contributed by atoms with van der Waals surface area (Å²) in [6, 6.07) is 6.71. The third-order valence-electron chi connectivity index (χ3n) is 5.09. The third kappa shape index (κ3) is 3.95. The monoisotopic (exact) mass is 451 g/mol. The molecule has 0 spiro atoms. The quantitative estimate of drug-likeness (QED) is 0.452. The minimum absolute atomic E-state index is 0.0806. The number of ether oxygens (including phenoxy) is 4. The number of benzene rings is 1. The number of aryl methyl sites for hydroxylation is 1. The maximum atomic E-state index is 12.4. The number of aromatic nitrogens is 5. The maximum Gasteiger partial charge on any atom is 0.259 e. The fourth-order valence-corrected chi connectivity index (χ4v) is 3.54. The predicted octanol–water partition coefficient (Wildman–Crippen LogP) is 3.73. The third-order valence-corrected chi connectivity index (χ3v) is 5.09. The van der Waals surface area contributed by atoms with Crippen LogP contribution in [0, 0.1) is 6.92 Å². The van der Waals surface area contributed by atoms with E-state index in [1.54, 1.807) is 35.0 Å². The normalized spacial score (nSPS) is 11.1. The zero-order valence-corrected chi connectivity index (χ0v) is 19.3. The fourth-order valence-electron chi connectivity index (χ4n) is 3.54. The molecule has 0 aliphatic heterocycles. The van der Waals surface area contributed by atoms with Crippen molar-refractivity contribution >= 4 is 5.52 Å². The summed E-state index contributed by atoms with van der Waals surface area (Å²) in [7, 11) is 4.58. The number of nitrogens with zero attached hydrogens (tertiary/aromatic N) is 4. The maximum absolute atomic E-state index is 12.4. The molecule has 4 aromatic rings. The smallest absolute Gasteiger partial charge is 0.259 e. The highest BCUT2D eigenvalue weighted by Crippen LogP contribution is 2.42. The molecule has 0 amide bonds. The van der Waals surface area contributed by atoms with E-state index in [1.807, 2.05) is 20.8 Å². The Bertz CT molecular complexity index is 1350. The van der Waals surface area contributed by atoms with Crippen LogP contribution in [0.25, 0.3) is 16.9 Å². The van der Waals surface area contributed by atoms with Crippen molar-refractivity contribution in [1.29, 1.82) is 0 Å². The largest absolute Gasteiger partial charge is 0.493 e. The summed E-state index contributed by atoms with van der Waals surface area (Å²) in [6.45, 7) is 5.90. The summed E-state index contributed by atoms with van der Waals surface area (Å²) >= 11 is 0. The Morgan fingerprint density at radius 2 is 1.73 bits per heavy atom. The zero-order chi connectivity index (χ0) is 23.7. The number of pyridine rings is 1. The van der Waals surface area contributed by atoms with E-state index in [4.69, 9.17) is 18.9 Å². The number of H-pyrrole nitrogens is 1. The SMILES string of the molecule is COc1cc(Oc2nc(-c3ccc[nH]c3=O)nn3c(C(C)C)nc(C)c23)cc(OC)c1OC. The summed E-state index contributed by atoms with van der Waals surface area (Å²) < 4.78 is 24.1. The van der Waals surface area contributed by atoms with Crippen LogP contribution in [0.2, 0.25) is 0 Å². The summed E-state index contributed by atoms with van der Waals surface area (Å²) in [5.41, 5.74) is 1.31. The zero-order valence-electron chi connectivity index (χ0n) is 19.3. The van der Waals surface area contributed by atoms with Crippen molar-refractivity contribution in [1.82, 2.24) is 24.6 Å². The molecule has 0 unspecified atom stereocenters. The second-order valence-corrected chi connectivity index (χ2v) is 7.59. The van der Waals surface area contributed by atoms with Crippen molar-refractivity contribution in [3.63, 3.8) is 0 Å². The van der Waals surface area contributed by atoms with Gasteiger partial charge in [0.2, 0.25) is 11.6 Å². The van der Waals surface area contributed by atoms with E-state index in [0.29, 0.717) is 39.8 Å². The van der Waals surface area contributed by atoms with Crippen LogP contribution < -0.4 is 24.5 Å². The molecule has 172 valence electrons. The lowest BCUT2D eigenvalue weighted by atomic mass is 10.2. The standard InChI is InChI=1S/C23H25N5O5/c1-12(2)21-25-13(3)18-23(26-20(27-28(18)21)15-8-7-9-24-22(15)29)33-14-10-16(30-4)19(32-6)17(11-14)31-5/h7-12H,1-6H3,(H,24,29). The highest BCUT2D eigenvalue weighted by molar-refractivity contribution is 5.66. The van der Waals surface area contributed by atoms with Crippen LogP contribution >= 0.6 is 0 Å². The lowest BCUT2D eigenvalue weighted by molar-refractivity contribution is 0.320. The van der Waals surface area contributed by atoms with E-state index in [2.05, 4.69) is 20.1 Å². The van der Waals surface area contributed by atoms with Gasteiger partial charge in [0.15, 0.2) is 22.8 Å². The van der Waals surface area contributed by atoms with Gasteiger partial charge in [0.25, 0.3) is 5.56 Å². The van der Waals surface area contributed by atoms with Crippen LogP contribution in [-0.2, 0) is 0 Å². The first kappa shape index (κ1) is 22.1. The van der Waals surface area contributed by atoms with Crippen LogP contribution in [0.3, 0.4) is 0 Å². The average molecular weight is 451 g/mol. The lowest BCUT2D eigenvalue weighted by Crippen LogP contribution is -2.12. The van der Waals surface area contributed by atoms with E-state index in [-0.39, 0.29) is 23.2 Å². The molecule has 0 saturated heterocycles. The molecule has 0 bridgehead atoms. The van der Waals surface area contributed by atoms with Gasteiger partial charge in [-0.25, -0.2) is 9.50 Å². The Morgan fingerprint density at radius 3 is 2.30 bits per heavy atom. The van der Waals surface area contributed by atoms with Crippen LogP contribution in [0.5, 0.6) is 28.9 Å². The molecule has 1 N–H and O–H groups in total. The second kappa shape index (κ2) is 8.81. The van der Waals surface area contributed by atoms with Crippen molar-refractivity contribution in [3.05, 3.63) is 52.3 Å². The highest BCUT2D eigenvalue weighted by atomic mass is 16.5. The van der Waals surface area contributed by atoms with Gasteiger partial charge in [0, 0.05) is 24.2 Å². The minimum Gasteiger partial charge on any atom is -0.493 e. The molecule has 0 aliphatic rings. The Kier molecular flexibility index (Phi) is 5.91. The van der Waals surface area contributed by atoms with E-state index >= 15 is 0 Å². The first-order chi connectivity index (χ1) is 15.9. The lowest BCUT2D eigenvalue weighted by Gasteiger charge is -2.15. The number of hydrogen-bond donors (Lipinski definition) is 1. The number of rotatable bonds is 7. The molecule has 1 aromatic carbocycles. The van der Waals surface area contributed by atoms with Crippen LogP contribution in [0.4, 0.5) is 0 Å². The molecule has 33 heavy (non-hydrogen) atoms. The number of imidazole rings is 1. The molecule has 3 heterocycles. The number of methoxy groups -OCH3 is 3. The summed E-state index contributed by atoms with van der Waals surface area (Å²) in [6.07, 6.45) is 1.55. The molecule has 10 nitrogen and oxygen atoms in total. The molecule has 4 rings (SSSR count). The van der Waals surface area contributed by atoms with Crippen molar-refractivity contribution in [2.75, 3.05) is 21.3 Å². The van der Waals surface area contributed by atoms with E-state index in [0.717, 1.165) is 5.82 Å². The van der Waals surface area contributed by atoms with Gasteiger partial charge in [-0.1, -0.05) is 13.8 Å². The Hall–Kier alpha value is -4.08.